The average Bonchev–Trinajstić information content (AvgIpc) is 2.48. The zero-order chi connectivity index (χ0) is 15.1. The first-order valence-corrected chi connectivity index (χ1v) is 8.01. The van der Waals surface area contributed by atoms with Gasteiger partial charge in [0, 0.05) is 33.9 Å². The third kappa shape index (κ3) is 9.70. The van der Waals surface area contributed by atoms with Crippen LogP contribution in [0.2, 0.25) is 0 Å². The van der Waals surface area contributed by atoms with Crippen molar-refractivity contribution >= 4 is 0 Å². The normalized spacial score (nSPS) is 14.4. The monoisotopic (exact) mass is 289 g/mol. The second kappa shape index (κ2) is 13.8. The highest BCUT2D eigenvalue weighted by atomic mass is 16.5. The molecule has 1 atom stereocenters. The molecule has 0 bridgehead atoms. The van der Waals surface area contributed by atoms with Gasteiger partial charge < -0.3 is 19.5 Å². The van der Waals surface area contributed by atoms with Gasteiger partial charge in [0.15, 0.2) is 0 Å². The standard InChI is InChI=1S/C16H35NO3/c1-5-7-8-16(6-2,15-17-10-12-18-3)9-11-20-14-13-19-4/h17H,5-15H2,1-4H3. The maximum Gasteiger partial charge on any atom is 0.0700 e. The molecule has 0 aliphatic heterocycles. The van der Waals surface area contributed by atoms with Gasteiger partial charge in [-0.25, -0.2) is 0 Å². The number of ether oxygens (including phenoxy) is 3. The Labute approximate surface area is 125 Å². The Morgan fingerprint density at radius 2 is 1.65 bits per heavy atom. The molecule has 4 heteroatoms. The molecule has 20 heavy (non-hydrogen) atoms. The largest absolute Gasteiger partial charge is 0.383 e. The van der Waals surface area contributed by atoms with Crippen LogP contribution in [0.1, 0.15) is 46.0 Å². The van der Waals surface area contributed by atoms with E-state index in [0.29, 0.717) is 18.6 Å². The van der Waals surface area contributed by atoms with Gasteiger partial charge in [0.1, 0.15) is 0 Å². The molecular formula is C16H35NO3. The second-order valence-electron chi connectivity index (χ2n) is 5.48. The molecule has 0 radical (unpaired) electrons. The molecule has 4 nitrogen and oxygen atoms in total. The smallest absolute Gasteiger partial charge is 0.0700 e. The summed E-state index contributed by atoms with van der Waals surface area (Å²) in [6.45, 7) is 9.51. The van der Waals surface area contributed by atoms with Gasteiger partial charge in [-0.1, -0.05) is 26.7 Å². The predicted octanol–water partition coefficient (Wildman–Crippen LogP) is 2.86. The van der Waals surface area contributed by atoms with E-state index in [-0.39, 0.29) is 0 Å². The molecule has 0 aromatic carbocycles. The topological polar surface area (TPSA) is 39.7 Å². The summed E-state index contributed by atoms with van der Waals surface area (Å²) in [4.78, 5) is 0. The van der Waals surface area contributed by atoms with E-state index in [9.17, 15) is 0 Å². The Balaban J connectivity index is 4.12. The fraction of sp³-hybridized carbons (Fsp3) is 1.00. The number of rotatable bonds is 15. The van der Waals surface area contributed by atoms with E-state index in [0.717, 1.165) is 32.7 Å². The molecule has 0 aliphatic carbocycles. The minimum absolute atomic E-state index is 0.358. The van der Waals surface area contributed by atoms with Crippen LogP contribution in [0.4, 0.5) is 0 Å². The highest BCUT2D eigenvalue weighted by molar-refractivity contribution is 4.80. The highest BCUT2D eigenvalue weighted by Crippen LogP contribution is 2.32. The van der Waals surface area contributed by atoms with Crippen molar-refractivity contribution in [3.05, 3.63) is 0 Å². The van der Waals surface area contributed by atoms with Crippen molar-refractivity contribution in [2.24, 2.45) is 5.41 Å². The molecule has 1 unspecified atom stereocenters. The quantitative estimate of drug-likeness (QED) is 0.471. The fourth-order valence-corrected chi connectivity index (χ4v) is 2.39. The van der Waals surface area contributed by atoms with Crippen LogP contribution in [0.25, 0.3) is 0 Å². The zero-order valence-corrected chi connectivity index (χ0v) is 14.0. The summed E-state index contributed by atoms with van der Waals surface area (Å²) in [5, 5.41) is 3.53. The summed E-state index contributed by atoms with van der Waals surface area (Å²) in [5.74, 6) is 0. The third-order valence-corrected chi connectivity index (χ3v) is 4.00. The van der Waals surface area contributed by atoms with Crippen LogP contribution < -0.4 is 5.32 Å². The van der Waals surface area contributed by atoms with Crippen LogP contribution in [0.15, 0.2) is 0 Å². The Bertz CT molecular complexity index is 202. The lowest BCUT2D eigenvalue weighted by Crippen LogP contribution is -2.36. The Hall–Kier alpha value is -0.160. The summed E-state index contributed by atoms with van der Waals surface area (Å²) in [5.41, 5.74) is 0.358. The number of methoxy groups -OCH3 is 2. The van der Waals surface area contributed by atoms with Crippen LogP contribution in [0, 0.1) is 5.41 Å². The van der Waals surface area contributed by atoms with E-state index >= 15 is 0 Å². The van der Waals surface area contributed by atoms with Crippen molar-refractivity contribution in [2.75, 3.05) is 53.7 Å². The van der Waals surface area contributed by atoms with Gasteiger partial charge in [-0.15, -0.1) is 0 Å². The molecule has 0 aromatic heterocycles. The van der Waals surface area contributed by atoms with Crippen molar-refractivity contribution in [3.63, 3.8) is 0 Å². The second-order valence-corrected chi connectivity index (χ2v) is 5.48. The Morgan fingerprint density at radius 1 is 0.900 bits per heavy atom. The van der Waals surface area contributed by atoms with E-state index < -0.39 is 0 Å². The van der Waals surface area contributed by atoms with E-state index in [1.807, 2.05) is 0 Å². The molecule has 1 N–H and O–H groups in total. The van der Waals surface area contributed by atoms with Gasteiger partial charge in [0.25, 0.3) is 0 Å². The molecule has 0 spiro atoms. The van der Waals surface area contributed by atoms with Crippen molar-refractivity contribution in [1.29, 1.82) is 0 Å². The summed E-state index contributed by atoms with van der Waals surface area (Å²) in [6, 6.07) is 0. The van der Waals surface area contributed by atoms with E-state index in [4.69, 9.17) is 14.2 Å². The van der Waals surface area contributed by atoms with Gasteiger partial charge in [0.2, 0.25) is 0 Å². The van der Waals surface area contributed by atoms with Crippen molar-refractivity contribution in [2.45, 2.75) is 46.0 Å². The average molecular weight is 289 g/mol. The zero-order valence-electron chi connectivity index (χ0n) is 14.0. The minimum atomic E-state index is 0.358. The first-order valence-electron chi connectivity index (χ1n) is 8.01. The predicted molar refractivity (Wildman–Crippen MR) is 84.3 cm³/mol. The maximum atomic E-state index is 5.66. The molecule has 0 saturated carbocycles. The summed E-state index contributed by atoms with van der Waals surface area (Å²) < 4.78 is 15.8. The highest BCUT2D eigenvalue weighted by Gasteiger charge is 2.26. The van der Waals surface area contributed by atoms with Gasteiger partial charge >= 0.3 is 0 Å². The first kappa shape index (κ1) is 19.8. The lowest BCUT2D eigenvalue weighted by atomic mass is 9.77. The van der Waals surface area contributed by atoms with Gasteiger partial charge in [0.05, 0.1) is 19.8 Å². The number of hydrogen-bond donors (Lipinski definition) is 1. The maximum absolute atomic E-state index is 5.66. The molecule has 0 amide bonds. The third-order valence-electron chi connectivity index (χ3n) is 4.00. The molecule has 0 aromatic rings. The van der Waals surface area contributed by atoms with Crippen LogP contribution in [-0.2, 0) is 14.2 Å². The van der Waals surface area contributed by atoms with Crippen LogP contribution in [0.5, 0.6) is 0 Å². The number of hydrogen-bond acceptors (Lipinski definition) is 4. The summed E-state index contributed by atoms with van der Waals surface area (Å²) in [6.07, 6.45) is 6.13. The van der Waals surface area contributed by atoms with Crippen molar-refractivity contribution < 1.29 is 14.2 Å². The lowest BCUT2D eigenvalue weighted by Gasteiger charge is -2.33. The van der Waals surface area contributed by atoms with Crippen molar-refractivity contribution in [3.8, 4) is 0 Å². The molecule has 0 heterocycles. The van der Waals surface area contributed by atoms with E-state index in [2.05, 4.69) is 19.2 Å². The SMILES string of the molecule is CCCCC(CC)(CCOCCOC)CNCCOC. The molecule has 0 fully saturated rings. The van der Waals surface area contributed by atoms with E-state index in [1.165, 1.54) is 25.7 Å². The fourth-order valence-electron chi connectivity index (χ4n) is 2.39. The molecule has 0 aliphatic rings. The first-order chi connectivity index (χ1) is 9.74. The van der Waals surface area contributed by atoms with Crippen LogP contribution >= 0.6 is 0 Å². The van der Waals surface area contributed by atoms with E-state index in [1.54, 1.807) is 14.2 Å². The van der Waals surface area contributed by atoms with Gasteiger partial charge in [-0.05, 0) is 24.7 Å². The van der Waals surface area contributed by atoms with Crippen molar-refractivity contribution in [1.82, 2.24) is 5.32 Å². The lowest BCUT2D eigenvalue weighted by molar-refractivity contribution is 0.0467. The number of unbranched alkanes of at least 4 members (excludes halogenated alkanes) is 1. The van der Waals surface area contributed by atoms with Crippen LogP contribution in [0.3, 0.4) is 0 Å². The summed E-state index contributed by atoms with van der Waals surface area (Å²) >= 11 is 0. The number of nitrogens with one attached hydrogen (secondary N) is 1. The Morgan fingerprint density at radius 3 is 2.25 bits per heavy atom. The van der Waals surface area contributed by atoms with Crippen LogP contribution in [-0.4, -0.2) is 53.7 Å². The van der Waals surface area contributed by atoms with Gasteiger partial charge in [-0.2, -0.15) is 0 Å². The Kier molecular flexibility index (Phi) is 13.7. The van der Waals surface area contributed by atoms with Gasteiger partial charge in [-0.3, -0.25) is 0 Å². The molecule has 0 rings (SSSR count). The molecule has 122 valence electrons. The minimum Gasteiger partial charge on any atom is -0.383 e. The summed E-state index contributed by atoms with van der Waals surface area (Å²) in [7, 11) is 3.45. The molecule has 0 saturated heterocycles. The molecular weight excluding hydrogens is 254 g/mol.